The number of nitrogens with two attached hydrogens (primary N) is 2. The van der Waals surface area contributed by atoms with Crippen LogP contribution < -0.4 is 11.5 Å². The molecule has 0 saturated heterocycles. The Balaban J connectivity index is 2.00. The van der Waals surface area contributed by atoms with Crippen molar-refractivity contribution in [1.82, 2.24) is 9.78 Å². The van der Waals surface area contributed by atoms with Crippen LogP contribution >= 0.6 is 11.3 Å². The third-order valence-electron chi connectivity index (χ3n) is 5.16. The maximum Gasteiger partial charge on any atom is 0.269 e. The van der Waals surface area contributed by atoms with Crippen LogP contribution in [-0.2, 0) is 34.5 Å². The maximum atomic E-state index is 12.5. The Morgan fingerprint density at radius 1 is 1.14 bits per heavy atom. The number of hydrogen-bond acceptors (Lipinski definition) is 6. The molecule has 0 radical (unpaired) electrons. The summed E-state index contributed by atoms with van der Waals surface area (Å²) in [6.45, 7) is 8.75. The highest BCUT2D eigenvalue weighted by Crippen LogP contribution is 2.47. The zero-order valence-electron chi connectivity index (χ0n) is 16.4. The number of nitrogens with zero attached hydrogens (tertiary/aromatic N) is 2. The van der Waals surface area contributed by atoms with Crippen molar-refractivity contribution >= 4 is 23.2 Å². The lowest BCUT2D eigenvalue weighted by molar-refractivity contribution is -0.135. The number of thiophene rings is 1. The second kappa shape index (κ2) is 6.13. The predicted octanol–water partition coefficient (Wildman–Crippen LogP) is 1.79. The van der Waals surface area contributed by atoms with Crippen molar-refractivity contribution in [2.45, 2.75) is 58.3 Å². The molecule has 9 heteroatoms. The van der Waals surface area contributed by atoms with Crippen LogP contribution in [0.4, 0.5) is 0 Å². The minimum absolute atomic E-state index is 0.173. The lowest BCUT2D eigenvalue weighted by atomic mass is 9.86. The molecule has 2 aromatic rings. The lowest BCUT2D eigenvalue weighted by Gasteiger charge is -2.41. The van der Waals surface area contributed by atoms with Crippen LogP contribution in [0.1, 0.15) is 70.2 Å². The third kappa shape index (κ3) is 2.85. The van der Waals surface area contributed by atoms with Gasteiger partial charge in [0.25, 0.3) is 11.8 Å². The van der Waals surface area contributed by atoms with Gasteiger partial charge in [-0.1, -0.05) is 0 Å². The summed E-state index contributed by atoms with van der Waals surface area (Å²) in [5.74, 6) is -1.13. The molecule has 2 aromatic heterocycles. The average molecular weight is 404 g/mol. The molecule has 0 unspecified atom stereocenters. The predicted molar refractivity (Wildman–Crippen MR) is 104 cm³/mol. The van der Waals surface area contributed by atoms with E-state index in [9.17, 15) is 9.59 Å². The number of aromatic nitrogens is 2. The number of rotatable bonds is 3. The Hall–Kier alpha value is -2.23. The molecule has 2 aliphatic heterocycles. The highest BCUT2D eigenvalue weighted by atomic mass is 32.1. The van der Waals surface area contributed by atoms with Gasteiger partial charge in [-0.25, -0.2) is 4.68 Å². The van der Waals surface area contributed by atoms with Crippen LogP contribution in [0.5, 0.6) is 0 Å². The van der Waals surface area contributed by atoms with Gasteiger partial charge in [0.15, 0.2) is 5.69 Å². The monoisotopic (exact) mass is 404 g/mol. The van der Waals surface area contributed by atoms with Gasteiger partial charge in [0.05, 0.1) is 35.7 Å². The van der Waals surface area contributed by atoms with E-state index in [1.807, 2.05) is 27.7 Å². The van der Waals surface area contributed by atoms with Gasteiger partial charge in [0.2, 0.25) is 0 Å². The fraction of sp³-hybridized carbons (Fsp3) is 0.526. The first-order chi connectivity index (χ1) is 13.0. The van der Waals surface area contributed by atoms with E-state index in [1.165, 1.54) is 11.3 Å². The van der Waals surface area contributed by atoms with Crippen molar-refractivity contribution in [3.63, 3.8) is 0 Å². The molecule has 150 valence electrons. The number of fused-ring (bicyclic) bond motifs is 2. The van der Waals surface area contributed by atoms with Gasteiger partial charge >= 0.3 is 0 Å². The minimum atomic E-state index is -0.618. The molecule has 0 fully saturated rings. The summed E-state index contributed by atoms with van der Waals surface area (Å²) in [5, 5.41) is 5.06. The molecule has 0 spiro atoms. The summed E-state index contributed by atoms with van der Waals surface area (Å²) in [6.07, 6.45) is 1.14. The van der Waals surface area contributed by atoms with E-state index < -0.39 is 23.0 Å². The number of carbonyl (C=O) groups is 2. The lowest BCUT2D eigenvalue weighted by Crippen LogP contribution is -2.42. The first-order valence-electron chi connectivity index (χ1n) is 9.16. The molecule has 4 N–H and O–H groups in total. The van der Waals surface area contributed by atoms with E-state index in [-0.39, 0.29) is 12.3 Å². The van der Waals surface area contributed by atoms with E-state index in [2.05, 4.69) is 5.10 Å². The standard InChI is InChI=1S/C19H24N4O4S/c1-18(2)7-9-12(15(20)24)17(28-14(9)19(3,4)27-18)23-11-5-6-26-8-10(11)13(22-23)16(21)25/h5-8H2,1-4H3,(H2,20,24)(H2,21,25). The Morgan fingerprint density at radius 2 is 1.86 bits per heavy atom. The second-order valence-corrected chi connectivity index (χ2v) is 9.35. The number of ether oxygens (including phenoxy) is 2. The highest BCUT2D eigenvalue weighted by molar-refractivity contribution is 7.15. The van der Waals surface area contributed by atoms with Crippen molar-refractivity contribution in [3.8, 4) is 5.00 Å². The highest BCUT2D eigenvalue weighted by Gasteiger charge is 2.43. The van der Waals surface area contributed by atoms with Crippen LogP contribution in [0.15, 0.2) is 0 Å². The molecule has 0 aliphatic carbocycles. The first kappa shape index (κ1) is 19.1. The topological polar surface area (TPSA) is 122 Å². The molecule has 0 bridgehead atoms. The van der Waals surface area contributed by atoms with E-state index in [1.54, 1.807) is 4.68 Å². The molecule has 0 saturated carbocycles. The summed E-state index contributed by atoms with van der Waals surface area (Å²) >= 11 is 1.43. The van der Waals surface area contributed by atoms with Crippen molar-refractivity contribution in [2.75, 3.05) is 6.61 Å². The van der Waals surface area contributed by atoms with Crippen LogP contribution in [0.25, 0.3) is 5.00 Å². The van der Waals surface area contributed by atoms with Crippen LogP contribution in [-0.4, -0.2) is 33.8 Å². The zero-order valence-corrected chi connectivity index (χ0v) is 17.2. The molecule has 0 aromatic carbocycles. The van der Waals surface area contributed by atoms with Crippen molar-refractivity contribution in [3.05, 3.63) is 33.0 Å². The average Bonchev–Trinajstić information content (AvgIpc) is 3.11. The molecule has 2 aliphatic rings. The number of hydrogen-bond donors (Lipinski definition) is 2. The molecular formula is C19H24N4O4S. The van der Waals surface area contributed by atoms with Crippen LogP contribution in [0, 0.1) is 0 Å². The Kier molecular flexibility index (Phi) is 4.18. The molecule has 4 heterocycles. The van der Waals surface area contributed by atoms with Gasteiger partial charge in [-0.2, -0.15) is 5.10 Å². The largest absolute Gasteiger partial charge is 0.376 e. The van der Waals surface area contributed by atoms with Crippen LogP contribution in [0.3, 0.4) is 0 Å². The first-order valence-corrected chi connectivity index (χ1v) is 9.98. The fourth-order valence-electron chi connectivity index (χ4n) is 4.31. The van der Waals surface area contributed by atoms with Crippen LogP contribution in [0.2, 0.25) is 0 Å². The number of carbonyl (C=O) groups excluding carboxylic acids is 2. The van der Waals surface area contributed by atoms with Gasteiger partial charge in [0.1, 0.15) is 5.00 Å². The summed E-state index contributed by atoms with van der Waals surface area (Å²) < 4.78 is 13.4. The minimum Gasteiger partial charge on any atom is -0.376 e. The van der Waals surface area contributed by atoms with E-state index in [4.69, 9.17) is 20.9 Å². The van der Waals surface area contributed by atoms with Crippen molar-refractivity contribution < 1.29 is 19.1 Å². The summed E-state index contributed by atoms with van der Waals surface area (Å²) in [4.78, 5) is 25.3. The van der Waals surface area contributed by atoms with Gasteiger partial charge in [0, 0.05) is 23.3 Å². The van der Waals surface area contributed by atoms with Gasteiger partial charge < -0.3 is 20.9 Å². The zero-order chi connectivity index (χ0) is 20.4. The third-order valence-corrected chi connectivity index (χ3v) is 6.67. The molecular weight excluding hydrogens is 380 g/mol. The Bertz CT molecular complexity index is 1000. The van der Waals surface area contributed by atoms with E-state index in [0.717, 1.165) is 16.1 Å². The molecule has 8 nitrogen and oxygen atoms in total. The number of primary amides is 2. The Morgan fingerprint density at radius 3 is 2.50 bits per heavy atom. The summed E-state index contributed by atoms with van der Waals surface area (Å²) in [7, 11) is 0. The molecule has 2 amide bonds. The van der Waals surface area contributed by atoms with E-state index >= 15 is 0 Å². The van der Waals surface area contributed by atoms with Gasteiger partial charge in [-0.3, -0.25) is 9.59 Å². The van der Waals surface area contributed by atoms with E-state index in [0.29, 0.717) is 35.6 Å². The van der Waals surface area contributed by atoms with Gasteiger partial charge in [-0.05, 0) is 33.3 Å². The van der Waals surface area contributed by atoms with Gasteiger partial charge in [-0.15, -0.1) is 11.3 Å². The normalized spacial score (nSPS) is 19.7. The Labute approximate surface area is 166 Å². The summed E-state index contributed by atoms with van der Waals surface area (Å²) in [6, 6.07) is 0. The fourth-order valence-corrected chi connectivity index (χ4v) is 5.65. The quantitative estimate of drug-likeness (QED) is 0.807. The second-order valence-electron chi connectivity index (χ2n) is 8.36. The van der Waals surface area contributed by atoms with Crippen molar-refractivity contribution in [1.29, 1.82) is 0 Å². The molecule has 0 atom stereocenters. The molecule has 4 rings (SSSR count). The number of amides is 2. The molecule has 28 heavy (non-hydrogen) atoms. The smallest absolute Gasteiger partial charge is 0.269 e. The maximum absolute atomic E-state index is 12.5. The SMILES string of the molecule is CC1(C)Cc2c(sc(-n3nc(C(N)=O)c4c3CCOC4)c2C(N)=O)C(C)(C)O1. The van der Waals surface area contributed by atoms with Crippen molar-refractivity contribution in [2.24, 2.45) is 11.5 Å². The summed E-state index contributed by atoms with van der Waals surface area (Å²) in [5.41, 5.74) is 13.3.